The molecule has 0 saturated heterocycles. The highest BCUT2D eigenvalue weighted by Crippen LogP contribution is 2.28. The molecule has 1 aliphatic heterocycles. The first kappa shape index (κ1) is 19.6. The van der Waals surface area contributed by atoms with Gasteiger partial charge in [0.05, 0.1) is 17.6 Å². The number of imidazole rings is 1. The lowest BCUT2D eigenvalue weighted by atomic mass is 10.00. The van der Waals surface area contributed by atoms with E-state index in [0.717, 1.165) is 0 Å². The van der Waals surface area contributed by atoms with Crippen molar-refractivity contribution in [2.24, 2.45) is 4.99 Å². The average Bonchev–Trinajstić information content (AvgIpc) is 3.22. The lowest BCUT2D eigenvalue weighted by Crippen LogP contribution is -2.46. The van der Waals surface area contributed by atoms with Crippen molar-refractivity contribution in [1.82, 2.24) is 19.9 Å². The number of aliphatic imine (C=N–C) groups is 1. The third kappa shape index (κ3) is 3.20. The molecule has 0 spiro atoms. The quantitative estimate of drug-likeness (QED) is 0.543. The summed E-state index contributed by atoms with van der Waals surface area (Å²) in [7, 11) is 1.59. The van der Waals surface area contributed by atoms with E-state index in [-0.39, 0.29) is 17.0 Å². The number of fused-ring (bicyclic) bond motifs is 2. The molecule has 32 heavy (non-hydrogen) atoms. The topological polar surface area (TPSA) is 92.0 Å². The van der Waals surface area contributed by atoms with Crippen LogP contribution in [-0.4, -0.2) is 45.3 Å². The number of para-hydroxylation sites is 1. The smallest absolute Gasteiger partial charge is 0.273 e. The van der Waals surface area contributed by atoms with Crippen molar-refractivity contribution in [3.05, 3.63) is 95.7 Å². The molecule has 2 aromatic heterocycles. The molecule has 5 rings (SSSR count). The summed E-state index contributed by atoms with van der Waals surface area (Å²) in [4.78, 5) is 36.3. The van der Waals surface area contributed by atoms with Crippen LogP contribution in [0.1, 0.15) is 21.6 Å². The number of benzodiazepines with no additional fused rings is 1. The fourth-order valence-corrected chi connectivity index (χ4v) is 3.67. The number of carbonyl (C=O) groups is 2. The number of hydrogen-bond donors (Lipinski definition) is 1. The van der Waals surface area contributed by atoms with Crippen molar-refractivity contribution >= 4 is 28.9 Å². The minimum atomic E-state index is -1.27. The molecule has 0 saturated carbocycles. The highest BCUT2D eigenvalue weighted by atomic mass is 19.1. The van der Waals surface area contributed by atoms with Gasteiger partial charge in [-0.05, 0) is 30.3 Å². The largest absolute Gasteiger partial charge is 0.321 e. The Balaban J connectivity index is 1.60. The summed E-state index contributed by atoms with van der Waals surface area (Å²) in [6, 6.07) is 16.7. The zero-order valence-electron chi connectivity index (χ0n) is 16.9. The molecule has 0 aliphatic carbocycles. The monoisotopic (exact) mass is 428 g/mol. The Morgan fingerprint density at radius 1 is 1.03 bits per heavy atom. The van der Waals surface area contributed by atoms with E-state index in [1.165, 1.54) is 27.9 Å². The van der Waals surface area contributed by atoms with Gasteiger partial charge in [0, 0.05) is 24.4 Å². The molecule has 1 N–H and O–H groups in total. The maximum atomic E-state index is 14.7. The summed E-state index contributed by atoms with van der Waals surface area (Å²) in [6.45, 7) is 0. The van der Waals surface area contributed by atoms with Gasteiger partial charge >= 0.3 is 0 Å². The van der Waals surface area contributed by atoms with E-state index in [0.29, 0.717) is 16.9 Å². The summed E-state index contributed by atoms with van der Waals surface area (Å²) in [5.74, 6) is -1.52. The number of hydrogen-bond acceptors (Lipinski definition) is 5. The predicted octanol–water partition coefficient (Wildman–Crippen LogP) is 2.44. The van der Waals surface area contributed by atoms with Gasteiger partial charge in [-0.3, -0.25) is 9.59 Å². The summed E-state index contributed by atoms with van der Waals surface area (Å²) in [6.07, 6.45) is 1.63. The second-order valence-electron chi connectivity index (χ2n) is 7.19. The number of nitrogens with one attached hydrogen (secondary N) is 1. The summed E-state index contributed by atoms with van der Waals surface area (Å²) in [5.41, 5.74) is 2.30. The van der Waals surface area contributed by atoms with E-state index in [1.807, 2.05) is 0 Å². The summed E-state index contributed by atoms with van der Waals surface area (Å²) >= 11 is 0. The van der Waals surface area contributed by atoms with Crippen LogP contribution < -0.4 is 10.2 Å². The van der Waals surface area contributed by atoms with Gasteiger partial charge in [0.25, 0.3) is 11.8 Å². The molecule has 2 aromatic carbocycles. The maximum absolute atomic E-state index is 14.7. The maximum Gasteiger partial charge on any atom is 0.273 e. The Kier molecular flexibility index (Phi) is 4.70. The Labute approximate surface area is 182 Å². The lowest BCUT2D eigenvalue weighted by molar-refractivity contribution is -0.119. The molecule has 0 radical (unpaired) electrons. The van der Waals surface area contributed by atoms with Gasteiger partial charge in [-0.15, -0.1) is 0 Å². The molecule has 1 atom stereocenters. The molecule has 0 bridgehead atoms. The van der Waals surface area contributed by atoms with Gasteiger partial charge in [-0.1, -0.05) is 30.3 Å². The highest BCUT2D eigenvalue weighted by molar-refractivity contribution is 6.20. The van der Waals surface area contributed by atoms with E-state index < -0.39 is 23.8 Å². The van der Waals surface area contributed by atoms with Crippen LogP contribution in [0, 0.1) is 5.82 Å². The SMILES string of the molecule is CN1C(=O)C(NC(=O)c2cnc3cccnn23)N=C(c2ccccc2F)c2ccccc21. The second-order valence-corrected chi connectivity index (χ2v) is 7.19. The summed E-state index contributed by atoms with van der Waals surface area (Å²) in [5, 5.41) is 6.77. The van der Waals surface area contributed by atoms with E-state index >= 15 is 0 Å². The van der Waals surface area contributed by atoms with E-state index in [1.54, 1.807) is 61.6 Å². The van der Waals surface area contributed by atoms with Gasteiger partial charge in [-0.2, -0.15) is 5.10 Å². The Bertz CT molecular complexity index is 1400. The average molecular weight is 428 g/mol. The number of benzene rings is 2. The van der Waals surface area contributed by atoms with Crippen LogP contribution in [0.15, 0.2) is 78.0 Å². The second kappa shape index (κ2) is 7.69. The number of amides is 2. The number of rotatable bonds is 3. The Morgan fingerprint density at radius 3 is 2.59 bits per heavy atom. The number of likely N-dealkylation sites (N-methyl/N-ethyl adjacent to an activating group) is 1. The lowest BCUT2D eigenvalue weighted by Gasteiger charge is -2.20. The van der Waals surface area contributed by atoms with Crippen LogP contribution in [0.2, 0.25) is 0 Å². The Hall–Kier alpha value is -4.40. The number of carbonyl (C=O) groups excluding carboxylic acids is 2. The van der Waals surface area contributed by atoms with Gasteiger partial charge in [0.2, 0.25) is 6.17 Å². The fourth-order valence-electron chi connectivity index (χ4n) is 3.67. The van der Waals surface area contributed by atoms with Crippen molar-refractivity contribution in [1.29, 1.82) is 0 Å². The molecule has 2 amide bonds. The molecule has 4 aromatic rings. The number of aromatic nitrogens is 3. The van der Waals surface area contributed by atoms with Gasteiger partial charge in [0.15, 0.2) is 11.3 Å². The predicted molar refractivity (Wildman–Crippen MR) is 116 cm³/mol. The van der Waals surface area contributed by atoms with Gasteiger partial charge in [-0.25, -0.2) is 18.9 Å². The van der Waals surface area contributed by atoms with Crippen LogP contribution in [-0.2, 0) is 4.79 Å². The van der Waals surface area contributed by atoms with Gasteiger partial charge in [0.1, 0.15) is 5.82 Å². The number of nitrogens with zero attached hydrogens (tertiary/aromatic N) is 5. The standard InChI is InChI=1S/C23H17FN6O2/c1-29-17-10-5-3-8-15(17)20(14-7-2-4-9-16(14)24)27-21(23(29)32)28-22(31)18-13-25-19-11-6-12-26-30(18)19/h2-13,21H,1H3,(H,28,31). The van der Waals surface area contributed by atoms with E-state index in [2.05, 4.69) is 20.4 Å². The third-order valence-electron chi connectivity index (χ3n) is 5.25. The summed E-state index contributed by atoms with van der Waals surface area (Å²) < 4.78 is 16.1. The van der Waals surface area contributed by atoms with Crippen molar-refractivity contribution in [2.75, 3.05) is 11.9 Å². The van der Waals surface area contributed by atoms with Gasteiger partial charge < -0.3 is 10.2 Å². The molecule has 0 fully saturated rings. The molecular formula is C23H17FN6O2. The zero-order valence-corrected chi connectivity index (χ0v) is 16.9. The normalized spacial score (nSPS) is 15.8. The first-order valence-electron chi connectivity index (χ1n) is 9.84. The third-order valence-corrected chi connectivity index (χ3v) is 5.25. The molecular weight excluding hydrogens is 411 g/mol. The van der Waals surface area contributed by atoms with Crippen LogP contribution >= 0.6 is 0 Å². The molecule has 3 heterocycles. The molecule has 158 valence electrons. The molecule has 9 heteroatoms. The molecule has 1 aliphatic rings. The minimum absolute atomic E-state index is 0.153. The zero-order chi connectivity index (χ0) is 22.2. The van der Waals surface area contributed by atoms with E-state index in [4.69, 9.17) is 0 Å². The Morgan fingerprint density at radius 2 is 1.78 bits per heavy atom. The van der Waals surface area contributed by atoms with Crippen LogP contribution in [0.25, 0.3) is 5.65 Å². The van der Waals surface area contributed by atoms with Crippen LogP contribution in [0.5, 0.6) is 0 Å². The first-order valence-corrected chi connectivity index (χ1v) is 9.84. The molecule has 1 unspecified atom stereocenters. The highest BCUT2D eigenvalue weighted by Gasteiger charge is 2.32. The fraction of sp³-hybridized carbons (Fsp3) is 0.0870. The molecule has 8 nitrogen and oxygen atoms in total. The first-order chi connectivity index (χ1) is 15.5. The van der Waals surface area contributed by atoms with E-state index in [9.17, 15) is 14.0 Å². The number of anilines is 1. The van der Waals surface area contributed by atoms with Crippen LogP contribution in [0.4, 0.5) is 10.1 Å². The van der Waals surface area contributed by atoms with Crippen molar-refractivity contribution in [3.63, 3.8) is 0 Å². The van der Waals surface area contributed by atoms with Crippen molar-refractivity contribution in [2.45, 2.75) is 6.17 Å². The van der Waals surface area contributed by atoms with Crippen molar-refractivity contribution in [3.8, 4) is 0 Å². The van der Waals surface area contributed by atoms with Crippen molar-refractivity contribution < 1.29 is 14.0 Å². The van der Waals surface area contributed by atoms with Crippen LogP contribution in [0.3, 0.4) is 0 Å². The number of halogens is 1. The minimum Gasteiger partial charge on any atom is -0.321 e.